The highest BCUT2D eigenvalue weighted by Gasteiger charge is 2.42. The number of hydrogen-bond acceptors (Lipinski definition) is 4. The zero-order valence-electron chi connectivity index (χ0n) is 11.3. The molecule has 0 radical (unpaired) electrons. The second-order valence-electron chi connectivity index (χ2n) is 5.64. The largest absolute Gasteiger partial charge is 0.480 e. The van der Waals surface area contributed by atoms with Gasteiger partial charge in [-0.05, 0) is 37.2 Å². The molecule has 5 nitrogen and oxygen atoms in total. The van der Waals surface area contributed by atoms with Crippen molar-refractivity contribution in [1.82, 2.24) is 4.90 Å². The molecule has 1 N–H and O–H groups in total. The number of carboxylic acids is 1. The molecule has 2 fully saturated rings. The molecular weight excluding hydrogens is 266 g/mol. The minimum Gasteiger partial charge on any atom is -0.480 e. The van der Waals surface area contributed by atoms with Crippen molar-refractivity contribution in [3.05, 3.63) is 0 Å². The third-order valence-electron chi connectivity index (χ3n) is 3.75. The van der Waals surface area contributed by atoms with Crippen LogP contribution >= 0.6 is 11.8 Å². The number of carbonyl (C=O) groups excluding carboxylic acids is 1. The average Bonchev–Trinajstić information content (AvgIpc) is 2.34. The van der Waals surface area contributed by atoms with Gasteiger partial charge in [0.25, 0.3) is 0 Å². The summed E-state index contributed by atoms with van der Waals surface area (Å²) in [6.07, 6.45) is 2.91. The van der Waals surface area contributed by atoms with Gasteiger partial charge in [0.2, 0.25) is 5.91 Å². The highest BCUT2D eigenvalue weighted by atomic mass is 32.2. The van der Waals surface area contributed by atoms with Crippen molar-refractivity contribution in [2.45, 2.75) is 31.8 Å². The van der Waals surface area contributed by atoms with Crippen LogP contribution in [0.25, 0.3) is 0 Å². The fourth-order valence-corrected chi connectivity index (χ4v) is 3.80. The van der Waals surface area contributed by atoms with Crippen molar-refractivity contribution in [3.8, 4) is 0 Å². The fourth-order valence-electron chi connectivity index (χ4n) is 2.59. The van der Waals surface area contributed by atoms with Crippen molar-refractivity contribution in [1.29, 1.82) is 0 Å². The summed E-state index contributed by atoms with van der Waals surface area (Å²) in [6, 6.07) is 0. The van der Waals surface area contributed by atoms with E-state index >= 15 is 0 Å². The first-order chi connectivity index (χ1) is 8.98. The highest BCUT2D eigenvalue weighted by molar-refractivity contribution is 7.99. The topological polar surface area (TPSA) is 66.8 Å². The van der Waals surface area contributed by atoms with Gasteiger partial charge < -0.3 is 14.7 Å². The monoisotopic (exact) mass is 287 g/mol. The van der Waals surface area contributed by atoms with Gasteiger partial charge in [-0.15, -0.1) is 0 Å². The number of aliphatic carboxylic acids is 1. The van der Waals surface area contributed by atoms with Gasteiger partial charge in [0, 0.05) is 6.42 Å². The van der Waals surface area contributed by atoms with Crippen LogP contribution in [0.4, 0.5) is 0 Å². The number of ether oxygens (including phenoxy) is 1. The summed E-state index contributed by atoms with van der Waals surface area (Å²) >= 11 is 1.96. The van der Waals surface area contributed by atoms with Crippen LogP contribution in [0.1, 0.15) is 26.2 Å². The summed E-state index contributed by atoms with van der Waals surface area (Å²) in [6.45, 7) is 2.59. The predicted molar refractivity (Wildman–Crippen MR) is 73.2 cm³/mol. The maximum atomic E-state index is 12.1. The summed E-state index contributed by atoms with van der Waals surface area (Å²) in [4.78, 5) is 24.3. The molecule has 108 valence electrons. The number of carboxylic acid groups (broad SMARTS) is 1. The number of carbonyl (C=O) groups is 2. The maximum absolute atomic E-state index is 12.1. The van der Waals surface area contributed by atoms with E-state index < -0.39 is 11.6 Å². The summed E-state index contributed by atoms with van der Waals surface area (Å²) in [5, 5.41) is 8.58. The minimum atomic E-state index is -0.967. The molecule has 2 rings (SSSR count). The molecule has 19 heavy (non-hydrogen) atoms. The molecule has 0 aliphatic carbocycles. The number of rotatable bonds is 5. The van der Waals surface area contributed by atoms with Crippen molar-refractivity contribution in [2.75, 3.05) is 31.2 Å². The molecule has 0 aromatic carbocycles. The summed E-state index contributed by atoms with van der Waals surface area (Å²) in [5.41, 5.74) is -0.476. The smallest absolute Gasteiger partial charge is 0.329 e. The molecule has 6 heteroatoms. The minimum absolute atomic E-state index is 0.188. The predicted octanol–water partition coefficient (Wildman–Crippen LogP) is 1.22. The molecule has 0 aromatic heterocycles. The molecule has 0 spiro atoms. The van der Waals surface area contributed by atoms with Gasteiger partial charge in [0.1, 0.15) is 12.2 Å². The normalized spacial score (nSPS) is 22.9. The Hall–Kier alpha value is -0.750. The molecular formula is C13H21NO4S. The molecule has 0 bridgehead atoms. The first-order valence-electron chi connectivity index (χ1n) is 6.70. The second-order valence-corrected chi connectivity index (χ2v) is 6.87. The van der Waals surface area contributed by atoms with Crippen LogP contribution < -0.4 is 0 Å². The Balaban J connectivity index is 1.70. The van der Waals surface area contributed by atoms with Gasteiger partial charge >= 0.3 is 5.97 Å². The zero-order valence-corrected chi connectivity index (χ0v) is 12.1. The lowest BCUT2D eigenvalue weighted by atomic mass is 9.92. The van der Waals surface area contributed by atoms with Crippen LogP contribution in [0.5, 0.6) is 0 Å². The lowest BCUT2D eigenvalue weighted by molar-refractivity contribution is -0.173. The zero-order chi connectivity index (χ0) is 13.9. The van der Waals surface area contributed by atoms with E-state index in [-0.39, 0.29) is 12.5 Å². The Morgan fingerprint density at radius 1 is 1.37 bits per heavy atom. The molecule has 2 saturated heterocycles. The van der Waals surface area contributed by atoms with E-state index in [4.69, 9.17) is 9.84 Å². The molecule has 2 heterocycles. The Kier molecular flexibility index (Phi) is 4.73. The average molecular weight is 287 g/mol. The third kappa shape index (κ3) is 4.11. The van der Waals surface area contributed by atoms with Gasteiger partial charge in [0.15, 0.2) is 0 Å². The third-order valence-corrected chi connectivity index (χ3v) is 4.80. The molecule has 0 unspecified atom stereocenters. The standard InChI is InChI=1S/C13H21NO4S/c1-13(18-7-12(16)17)8-14(9-13)11(15)6-10-2-4-19-5-3-10/h10H,2-9H2,1H3,(H,16,17). The number of likely N-dealkylation sites (tertiary alicyclic amines) is 1. The number of amides is 1. The Morgan fingerprint density at radius 3 is 2.58 bits per heavy atom. The SMILES string of the molecule is CC1(OCC(=O)O)CN(C(=O)CC2CCSCC2)C1. The fraction of sp³-hybridized carbons (Fsp3) is 0.846. The lowest BCUT2D eigenvalue weighted by Gasteiger charge is -2.47. The van der Waals surface area contributed by atoms with Gasteiger partial charge in [-0.1, -0.05) is 0 Å². The van der Waals surface area contributed by atoms with Crippen LogP contribution in [0, 0.1) is 5.92 Å². The number of hydrogen-bond donors (Lipinski definition) is 1. The Labute approximate surface area is 117 Å². The second kappa shape index (κ2) is 6.13. The number of thioether (sulfide) groups is 1. The van der Waals surface area contributed by atoms with Crippen LogP contribution in [0.3, 0.4) is 0 Å². The molecule has 2 aliphatic heterocycles. The highest BCUT2D eigenvalue weighted by Crippen LogP contribution is 2.29. The quantitative estimate of drug-likeness (QED) is 0.823. The Bertz CT molecular complexity index is 349. The van der Waals surface area contributed by atoms with Crippen LogP contribution in [0.15, 0.2) is 0 Å². The van der Waals surface area contributed by atoms with Gasteiger partial charge in [0.05, 0.1) is 13.1 Å². The van der Waals surface area contributed by atoms with E-state index in [9.17, 15) is 9.59 Å². The molecule has 1 amide bonds. The maximum Gasteiger partial charge on any atom is 0.329 e. The van der Waals surface area contributed by atoms with Crippen LogP contribution in [-0.2, 0) is 14.3 Å². The first-order valence-corrected chi connectivity index (χ1v) is 7.85. The van der Waals surface area contributed by atoms with E-state index in [0.717, 1.165) is 24.3 Å². The van der Waals surface area contributed by atoms with Crippen LogP contribution in [0.2, 0.25) is 0 Å². The van der Waals surface area contributed by atoms with Crippen molar-refractivity contribution >= 4 is 23.6 Å². The first kappa shape index (κ1) is 14.7. The van der Waals surface area contributed by atoms with Crippen molar-refractivity contribution in [2.24, 2.45) is 5.92 Å². The molecule has 0 saturated carbocycles. The van der Waals surface area contributed by atoms with E-state index in [0.29, 0.717) is 25.4 Å². The van der Waals surface area contributed by atoms with Gasteiger partial charge in [-0.2, -0.15) is 11.8 Å². The summed E-state index contributed by atoms with van der Waals surface area (Å²) in [5.74, 6) is 2.08. The van der Waals surface area contributed by atoms with Crippen molar-refractivity contribution in [3.63, 3.8) is 0 Å². The van der Waals surface area contributed by atoms with Crippen LogP contribution in [-0.4, -0.2) is 58.7 Å². The lowest BCUT2D eigenvalue weighted by Crippen LogP contribution is -2.63. The van der Waals surface area contributed by atoms with E-state index in [1.807, 2.05) is 18.7 Å². The molecule has 2 aliphatic rings. The molecule has 0 atom stereocenters. The van der Waals surface area contributed by atoms with E-state index in [1.165, 1.54) is 0 Å². The van der Waals surface area contributed by atoms with Crippen molar-refractivity contribution < 1.29 is 19.4 Å². The van der Waals surface area contributed by atoms with Gasteiger partial charge in [-0.3, -0.25) is 4.79 Å². The van der Waals surface area contributed by atoms with E-state index in [2.05, 4.69) is 0 Å². The molecule has 0 aromatic rings. The summed E-state index contributed by atoms with van der Waals surface area (Å²) < 4.78 is 5.30. The summed E-state index contributed by atoms with van der Waals surface area (Å²) in [7, 11) is 0. The van der Waals surface area contributed by atoms with E-state index in [1.54, 1.807) is 4.90 Å². The van der Waals surface area contributed by atoms with Gasteiger partial charge in [-0.25, -0.2) is 4.79 Å². The number of nitrogens with zero attached hydrogens (tertiary/aromatic N) is 1. The Morgan fingerprint density at radius 2 is 2.00 bits per heavy atom.